The number of aliphatic hydroxyl groups is 2. The van der Waals surface area contributed by atoms with Crippen molar-refractivity contribution in [2.75, 3.05) is 25.2 Å². The van der Waals surface area contributed by atoms with Gasteiger partial charge in [0.15, 0.2) is 5.65 Å². The van der Waals surface area contributed by atoms with Gasteiger partial charge in [-0.1, -0.05) is 0 Å². The lowest BCUT2D eigenvalue weighted by Crippen LogP contribution is -2.24. The van der Waals surface area contributed by atoms with E-state index in [4.69, 9.17) is 15.6 Å². The van der Waals surface area contributed by atoms with Gasteiger partial charge in [-0.25, -0.2) is 13.9 Å². The zero-order valence-electron chi connectivity index (χ0n) is 17.0. The summed E-state index contributed by atoms with van der Waals surface area (Å²) in [6, 6.07) is 6.07. The quantitative estimate of drug-likeness (QED) is 0.515. The average Bonchev–Trinajstić information content (AvgIpc) is 3.37. The number of aromatic nitrogens is 3. The van der Waals surface area contributed by atoms with Gasteiger partial charge in [-0.3, -0.25) is 4.79 Å². The maximum atomic E-state index is 14.0. The predicted molar refractivity (Wildman–Crippen MR) is 111 cm³/mol. The molecule has 9 nitrogen and oxygen atoms in total. The maximum absolute atomic E-state index is 14.0. The Hall–Kier alpha value is -3.24. The molecule has 0 bridgehead atoms. The number of nitrogens with two attached hydrogens (primary N) is 1. The van der Waals surface area contributed by atoms with Crippen LogP contribution in [0, 0.1) is 5.82 Å². The molecule has 3 aromatic rings. The van der Waals surface area contributed by atoms with Crippen molar-refractivity contribution in [2.24, 2.45) is 5.73 Å². The summed E-state index contributed by atoms with van der Waals surface area (Å²) in [6.07, 6.45) is 2.25. The van der Waals surface area contributed by atoms with Crippen LogP contribution >= 0.6 is 0 Å². The van der Waals surface area contributed by atoms with Crippen LogP contribution in [0.4, 0.5) is 10.2 Å². The molecule has 0 spiro atoms. The molecule has 164 valence electrons. The molecule has 31 heavy (non-hydrogen) atoms. The van der Waals surface area contributed by atoms with E-state index in [2.05, 4.69) is 10.1 Å². The van der Waals surface area contributed by atoms with Crippen molar-refractivity contribution in [3.8, 4) is 5.75 Å². The van der Waals surface area contributed by atoms with Crippen LogP contribution in [-0.4, -0.2) is 57.1 Å². The molecule has 4 rings (SSSR count). The van der Waals surface area contributed by atoms with Crippen molar-refractivity contribution in [2.45, 2.75) is 31.4 Å². The molecule has 3 heterocycles. The first-order chi connectivity index (χ1) is 14.9. The monoisotopic (exact) mass is 429 g/mol. The summed E-state index contributed by atoms with van der Waals surface area (Å²) in [5.74, 6) is 0.134. The highest BCUT2D eigenvalue weighted by molar-refractivity contribution is 6.00. The number of aliphatic hydroxyl groups excluding tert-OH is 2. The molecule has 1 aliphatic heterocycles. The number of anilines is 1. The number of carbonyl (C=O) groups is 1. The molecule has 1 amide bonds. The molecule has 0 unspecified atom stereocenters. The van der Waals surface area contributed by atoms with E-state index in [1.54, 1.807) is 25.4 Å². The molecule has 2 aromatic heterocycles. The normalized spacial score (nSPS) is 17.3. The van der Waals surface area contributed by atoms with E-state index in [0.29, 0.717) is 18.1 Å². The molecule has 1 saturated heterocycles. The van der Waals surface area contributed by atoms with Gasteiger partial charge in [0.1, 0.15) is 22.9 Å². The molecule has 1 aliphatic rings. The SMILES string of the molecule is COc1ccc(F)cc1[C@H]1CCCN1c1ccn2nc(C[C@H](O)CO)c(C(N)=O)c2n1. The first kappa shape index (κ1) is 21.0. The van der Waals surface area contributed by atoms with Gasteiger partial charge in [0.2, 0.25) is 0 Å². The van der Waals surface area contributed by atoms with Crippen molar-refractivity contribution in [1.29, 1.82) is 0 Å². The van der Waals surface area contributed by atoms with Crippen LogP contribution in [-0.2, 0) is 6.42 Å². The number of ether oxygens (including phenoxy) is 1. The highest BCUT2D eigenvalue weighted by Crippen LogP contribution is 2.39. The third kappa shape index (κ3) is 3.91. The summed E-state index contributed by atoms with van der Waals surface area (Å²) in [6.45, 7) is 0.235. The first-order valence-corrected chi connectivity index (χ1v) is 10.00. The lowest BCUT2D eigenvalue weighted by Gasteiger charge is -2.27. The van der Waals surface area contributed by atoms with Gasteiger partial charge in [0.25, 0.3) is 5.91 Å². The van der Waals surface area contributed by atoms with Gasteiger partial charge < -0.3 is 25.6 Å². The van der Waals surface area contributed by atoms with Crippen molar-refractivity contribution < 1.29 is 24.1 Å². The number of hydrogen-bond acceptors (Lipinski definition) is 7. The zero-order chi connectivity index (χ0) is 22.1. The second-order valence-electron chi connectivity index (χ2n) is 7.52. The van der Waals surface area contributed by atoms with Crippen molar-refractivity contribution >= 4 is 17.4 Å². The summed E-state index contributed by atoms with van der Waals surface area (Å²) >= 11 is 0. The lowest BCUT2D eigenvalue weighted by molar-refractivity contribution is 0.0934. The van der Waals surface area contributed by atoms with Gasteiger partial charge in [-0.15, -0.1) is 0 Å². The van der Waals surface area contributed by atoms with Crippen LogP contribution in [0.5, 0.6) is 5.75 Å². The molecular weight excluding hydrogens is 405 g/mol. The van der Waals surface area contributed by atoms with Crippen LogP contribution in [0.25, 0.3) is 5.65 Å². The van der Waals surface area contributed by atoms with Gasteiger partial charge in [0, 0.05) is 24.7 Å². The average molecular weight is 429 g/mol. The van der Waals surface area contributed by atoms with E-state index in [0.717, 1.165) is 18.4 Å². The highest BCUT2D eigenvalue weighted by atomic mass is 19.1. The Balaban J connectivity index is 1.76. The Labute approximate surface area is 177 Å². The topological polar surface area (TPSA) is 126 Å². The number of rotatable bonds is 7. The number of benzene rings is 1. The minimum atomic E-state index is -1.06. The molecule has 1 fully saturated rings. The van der Waals surface area contributed by atoms with Crippen molar-refractivity contribution in [3.05, 3.63) is 53.1 Å². The summed E-state index contributed by atoms with van der Waals surface area (Å²) in [4.78, 5) is 18.8. The van der Waals surface area contributed by atoms with Crippen LogP contribution in [0.15, 0.2) is 30.5 Å². The summed E-state index contributed by atoms with van der Waals surface area (Å²) in [5, 5.41) is 23.2. The molecule has 0 saturated carbocycles. The predicted octanol–water partition coefficient (Wildman–Crippen LogP) is 1.21. The van der Waals surface area contributed by atoms with Gasteiger partial charge in [0.05, 0.1) is 31.6 Å². The Morgan fingerprint density at radius 2 is 2.23 bits per heavy atom. The standard InChI is InChI=1S/C21H24FN5O4/c1-31-17-5-4-12(22)9-14(17)16-3-2-7-26(16)18-6-8-27-21(24-18)19(20(23)30)15(25-27)10-13(29)11-28/h4-6,8-9,13,16,28-29H,2-3,7,10-11H2,1H3,(H2,23,30)/t13-,16+/m0/s1. The number of fused-ring (bicyclic) bond motifs is 1. The first-order valence-electron chi connectivity index (χ1n) is 10.00. The fourth-order valence-electron chi connectivity index (χ4n) is 4.14. The largest absolute Gasteiger partial charge is 0.496 e. The molecular formula is C21H24FN5O4. The Bertz CT molecular complexity index is 1120. The Morgan fingerprint density at radius 3 is 2.94 bits per heavy atom. The third-order valence-electron chi connectivity index (χ3n) is 5.53. The minimum absolute atomic E-state index is 0.0275. The van der Waals surface area contributed by atoms with Gasteiger partial charge >= 0.3 is 0 Å². The number of methoxy groups -OCH3 is 1. The Kier molecular flexibility index (Phi) is 5.75. The van der Waals surface area contributed by atoms with Crippen molar-refractivity contribution in [3.63, 3.8) is 0 Å². The number of amides is 1. The third-order valence-corrected chi connectivity index (χ3v) is 5.53. The number of primary amides is 1. The van der Waals surface area contributed by atoms with Crippen molar-refractivity contribution in [1.82, 2.24) is 14.6 Å². The highest BCUT2D eigenvalue weighted by Gasteiger charge is 2.31. The molecule has 10 heteroatoms. The summed E-state index contributed by atoms with van der Waals surface area (Å²) in [5.41, 5.74) is 6.94. The Morgan fingerprint density at radius 1 is 1.42 bits per heavy atom. The lowest BCUT2D eigenvalue weighted by atomic mass is 10.0. The summed E-state index contributed by atoms with van der Waals surface area (Å²) < 4.78 is 20.8. The van der Waals surface area contributed by atoms with Crippen LogP contribution in [0.2, 0.25) is 0 Å². The van der Waals surface area contributed by atoms with E-state index in [1.165, 1.54) is 16.6 Å². The molecule has 0 radical (unpaired) electrons. The molecule has 2 atom stereocenters. The van der Waals surface area contributed by atoms with E-state index in [-0.39, 0.29) is 35.2 Å². The molecule has 1 aromatic carbocycles. The number of nitrogens with zero attached hydrogens (tertiary/aromatic N) is 4. The van der Waals surface area contributed by atoms with Crippen LogP contribution in [0.1, 0.15) is 40.5 Å². The molecule has 4 N–H and O–H groups in total. The fraction of sp³-hybridized carbons (Fsp3) is 0.381. The molecule has 0 aliphatic carbocycles. The fourth-order valence-corrected chi connectivity index (χ4v) is 4.14. The zero-order valence-corrected chi connectivity index (χ0v) is 17.0. The second kappa shape index (κ2) is 8.48. The minimum Gasteiger partial charge on any atom is -0.496 e. The van der Waals surface area contributed by atoms with Crippen LogP contribution < -0.4 is 15.4 Å². The van der Waals surface area contributed by atoms with Gasteiger partial charge in [-0.2, -0.15) is 5.10 Å². The number of hydrogen-bond donors (Lipinski definition) is 3. The van der Waals surface area contributed by atoms with E-state index in [9.17, 15) is 14.3 Å². The van der Waals surface area contributed by atoms with E-state index >= 15 is 0 Å². The van der Waals surface area contributed by atoms with E-state index < -0.39 is 18.6 Å². The summed E-state index contributed by atoms with van der Waals surface area (Å²) in [7, 11) is 1.55. The number of carbonyl (C=O) groups excluding carboxylic acids is 1. The second-order valence-corrected chi connectivity index (χ2v) is 7.52. The maximum Gasteiger partial charge on any atom is 0.254 e. The smallest absolute Gasteiger partial charge is 0.254 e. The number of halogens is 1. The van der Waals surface area contributed by atoms with Gasteiger partial charge in [-0.05, 0) is 37.1 Å². The van der Waals surface area contributed by atoms with E-state index in [1.807, 2.05) is 4.90 Å². The van der Waals surface area contributed by atoms with Crippen LogP contribution in [0.3, 0.4) is 0 Å².